The van der Waals surface area contributed by atoms with E-state index in [1.807, 2.05) is 62.9 Å². The van der Waals surface area contributed by atoms with E-state index in [1.54, 1.807) is 4.90 Å². The average Bonchev–Trinajstić information content (AvgIpc) is 2.91. The fourth-order valence-corrected chi connectivity index (χ4v) is 4.04. The Morgan fingerprint density at radius 1 is 1.35 bits per heavy atom. The first-order chi connectivity index (χ1) is 12.3. The summed E-state index contributed by atoms with van der Waals surface area (Å²) in [6.07, 6.45) is 0.797. The molecule has 2 fully saturated rings. The largest absolute Gasteiger partial charge is 0.377 e. The molecule has 0 bridgehead atoms. The summed E-state index contributed by atoms with van der Waals surface area (Å²) in [5.74, 6) is 0. The summed E-state index contributed by atoms with van der Waals surface area (Å²) in [5.41, 5.74) is 2.95. The Morgan fingerprint density at radius 3 is 2.73 bits per heavy atom. The van der Waals surface area contributed by atoms with Crippen LogP contribution in [0.25, 0.3) is 0 Å². The van der Waals surface area contributed by atoms with Crippen LogP contribution in [0.3, 0.4) is 0 Å². The molecule has 1 aromatic rings. The first-order valence-electron chi connectivity index (χ1n) is 9.21. The summed E-state index contributed by atoms with van der Waals surface area (Å²) < 4.78 is 0. The van der Waals surface area contributed by atoms with Crippen molar-refractivity contribution in [2.75, 3.05) is 37.4 Å². The number of nitrogens with zero attached hydrogens (tertiary/aromatic N) is 3. The van der Waals surface area contributed by atoms with Gasteiger partial charge < -0.3 is 25.3 Å². The van der Waals surface area contributed by atoms with Gasteiger partial charge in [-0.3, -0.25) is 0 Å². The topological polar surface area (TPSA) is 67.9 Å². The lowest BCUT2D eigenvalue weighted by atomic mass is 9.99. The molecule has 3 rings (SSSR count). The van der Waals surface area contributed by atoms with E-state index < -0.39 is 0 Å². The Balaban J connectivity index is 1.68. The zero-order valence-corrected chi connectivity index (χ0v) is 16.2. The van der Waals surface area contributed by atoms with Crippen LogP contribution in [-0.2, 0) is 0 Å². The summed E-state index contributed by atoms with van der Waals surface area (Å²) in [6.45, 7) is 7.26. The van der Waals surface area contributed by atoms with Gasteiger partial charge in [-0.25, -0.2) is 9.59 Å². The second-order valence-corrected chi connectivity index (χ2v) is 7.63. The van der Waals surface area contributed by atoms with Crippen molar-refractivity contribution in [3.8, 4) is 0 Å². The van der Waals surface area contributed by atoms with Crippen molar-refractivity contribution >= 4 is 23.4 Å². The third-order valence-corrected chi connectivity index (χ3v) is 5.35. The van der Waals surface area contributed by atoms with Gasteiger partial charge in [0, 0.05) is 44.6 Å². The number of amides is 4. The van der Waals surface area contributed by atoms with Gasteiger partial charge in [0.2, 0.25) is 0 Å². The number of urea groups is 2. The SMILES string of the molecule is Cc1c(NC(=O)N2CC[C@H]3[C@@H](C2)NC(=O)N3C(C)C)cccc1N(C)C. The van der Waals surface area contributed by atoms with Crippen LogP contribution in [0, 0.1) is 6.92 Å². The zero-order valence-electron chi connectivity index (χ0n) is 16.2. The second-order valence-electron chi connectivity index (χ2n) is 7.63. The standard InChI is InChI=1S/C19H29N5O2/c1-12(2)24-17-9-10-23(11-15(17)21-19(24)26)18(25)20-14-7-6-8-16(13(14)3)22(4)5/h6-8,12,15,17H,9-11H2,1-5H3,(H,20,25)(H,21,26)/t15-,17+/m1/s1. The van der Waals surface area contributed by atoms with Gasteiger partial charge in [0.25, 0.3) is 0 Å². The molecule has 2 aliphatic heterocycles. The van der Waals surface area contributed by atoms with Gasteiger partial charge in [-0.15, -0.1) is 0 Å². The number of carbonyl (C=O) groups is 2. The third-order valence-electron chi connectivity index (χ3n) is 5.35. The number of hydrogen-bond acceptors (Lipinski definition) is 3. The zero-order chi connectivity index (χ0) is 19.0. The van der Waals surface area contributed by atoms with Crippen LogP contribution in [0.5, 0.6) is 0 Å². The maximum absolute atomic E-state index is 12.8. The van der Waals surface area contributed by atoms with E-state index in [1.165, 1.54) is 0 Å². The molecule has 26 heavy (non-hydrogen) atoms. The lowest BCUT2D eigenvalue weighted by Crippen LogP contribution is -2.54. The van der Waals surface area contributed by atoms with Gasteiger partial charge in [0.05, 0.1) is 12.1 Å². The fraction of sp³-hybridized carbons (Fsp3) is 0.579. The predicted molar refractivity (Wildman–Crippen MR) is 104 cm³/mol. The Bertz CT molecular complexity index is 703. The highest BCUT2D eigenvalue weighted by atomic mass is 16.2. The molecule has 4 amide bonds. The van der Waals surface area contributed by atoms with Crippen molar-refractivity contribution < 1.29 is 9.59 Å². The quantitative estimate of drug-likeness (QED) is 0.871. The highest BCUT2D eigenvalue weighted by molar-refractivity contribution is 5.91. The van der Waals surface area contributed by atoms with E-state index in [-0.39, 0.29) is 30.2 Å². The first-order valence-corrected chi connectivity index (χ1v) is 9.21. The van der Waals surface area contributed by atoms with Crippen LogP contribution >= 0.6 is 0 Å². The van der Waals surface area contributed by atoms with E-state index in [4.69, 9.17) is 0 Å². The molecule has 0 unspecified atom stereocenters. The van der Waals surface area contributed by atoms with E-state index in [9.17, 15) is 9.59 Å². The molecule has 1 aromatic carbocycles. The van der Waals surface area contributed by atoms with Crippen LogP contribution in [0.15, 0.2) is 18.2 Å². The molecule has 0 radical (unpaired) electrons. The van der Waals surface area contributed by atoms with Crippen LogP contribution in [0.2, 0.25) is 0 Å². The Hall–Kier alpha value is -2.44. The molecule has 0 aliphatic carbocycles. The van der Waals surface area contributed by atoms with Gasteiger partial charge in [-0.2, -0.15) is 0 Å². The molecule has 2 saturated heterocycles. The highest BCUT2D eigenvalue weighted by Crippen LogP contribution is 2.27. The number of benzene rings is 1. The Labute approximate surface area is 155 Å². The van der Waals surface area contributed by atoms with Crippen LogP contribution in [-0.4, -0.2) is 67.2 Å². The fourth-order valence-electron chi connectivity index (χ4n) is 4.04. The van der Waals surface area contributed by atoms with Gasteiger partial charge in [-0.05, 0) is 44.9 Å². The molecule has 2 atom stereocenters. The van der Waals surface area contributed by atoms with Gasteiger partial charge in [0.1, 0.15) is 0 Å². The summed E-state index contributed by atoms with van der Waals surface area (Å²) in [5, 5.41) is 6.06. The molecule has 7 heteroatoms. The monoisotopic (exact) mass is 359 g/mol. The average molecular weight is 359 g/mol. The molecular formula is C19H29N5O2. The third kappa shape index (κ3) is 3.30. The molecule has 0 saturated carbocycles. The van der Waals surface area contributed by atoms with Crippen LogP contribution in [0.4, 0.5) is 21.0 Å². The number of carbonyl (C=O) groups excluding carboxylic acids is 2. The Kier molecular flexibility index (Phi) is 4.98. The van der Waals surface area contributed by atoms with Crippen molar-refractivity contribution in [3.63, 3.8) is 0 Å². The Morgan fingerprint density at radius 2 is 2.08 bits per heavy atom. The van der Waals surface area contributed by atoms with Crippen molar-refractivity contribution in [1.82, 2.24) is 15.1 Å². The summed E-state index contributed by atoms with van der Waals surface area (Å²) in [6, 6.07) is 6.11. The van der Waals surface area contributed by atoms with Crippen molar-refractivity contribution in [2.24, 2.45) is 0 Å². The summed E-state index contributed by atoms with van der Waals surface area (Å²) in [7, 11) is 3.98. The van der Waals surface area contributed by atoms with Gasteiger partial charge in [0.15, 0.2) is 0 Å². The number of piperidine rings is 1. The summed E-state index contributed by atoms with van der Waals surface area (Å²) >= 11 is 0. The predicted octanol–water partition coefficient (Wildman–Crippen LogP) is 2.47. The number of nitrogens with one attached hydrogen (secondary N) is 2. The lowest BCUT2D eigenvalue weighted by Gasteiger charge is -2.38. The molecule has 7 nitrogen and oxygen atoms in total. The normalized spacial score (nSPS) is 22.3. The highest BCUT2D eigenvalue weighted by Gasteiger charge is 2.44. The molecule has 0 spiro atoms. The molecule has 2 aliphatic rings. The van der Waals surface area contributed by atoms with Crippen LogP contribution < -0.4 is 15.5 Å². The van der Waals surface area contributed by atoms with Crippen molar-refractivity contribution in [1.29, 1.82) is 0 Å². The van der Waals surface area contributed by atoms with E-state index in [0.29, 0.717) is 13.1 Å². The number of fused-ring (bicyclic) bond motifs is 1. The maximum Gasteiger partial charge on any atom is 0.321 e. The minimum absolute atomic E-state index is 0.00129. The molecule has 0 aromatic heterocycles. The number of hydrogen-bond donors (Lipinski definition) is 2. The van der Waals surface area contributed by atoms with E-state index in [0.717, 1.165) is 23.4 Å². The lowest BCUT2D eigenvalue weighted by molar-refractivity contribution is 0.138. The first kappa shape index (κ1) is 18.4. The number of rotatable bonds is 3. The number of anilines is 2. The van der Waals surface area contributed by atoms with Gasteiger partial charge >= 0.3 is 12.1 Å². The molecule has 2 N–H and O–H groups in total. The maximum atomic E-state index is 12.8. The second kappa shape index (κ2) is 7.05. The molecular weight excluding hydrogens is 330 g/mol. The van der Waals surface area contributed by atoms with Crippen molar-refractivity contribution in [2.45, 2.75) is 45.3 Å². The smallest absolute Gasteiger partial charge is 0.321 e. The summed E-state index contributed by atoms with van der Waals surface area (Å²) in [4.78, 5) is 30.7. The minimum Gasteiger partial charge on any atom is -0.377 e. The van der Waals surface area contributed by atoms with E-state index in [2.05, 4.69) is 10.6 Å². The van der Waals surface area contributed by atoms with Gasteiger partial charge in [-0.1, -0.05) is 6.07 Å². The number of likely N-dealkylation sites (tertiary alicyclic amines) is 1. The van der Waals surface area contributed by atoms with E-state index >= 15 is 0 Å². The van der Waals surface area contributed by atoms with Crippen molar-refractivity contribution in [3.05, 3.63) is 23.8 Å². The minimum atomic E-state index is -0.111. The van der Waals surface area contributed by atoms with Crippen LogP contribution in [0.1, 0.15) is 25.8 Å². The molecule has 142 valence electrons. The molecule has 2 heterocycles.